The maximum atomic E-state index is 12.6. The van der Waals surface area contributed by atoms with Gasteiger partial charge in [-0.2, -0.15) is 0 Å². The van der Waals surface area contributed by atoms with E-state index in [2.05, 4.69) is 5.32 Å². The van der Waals surface area contributed by atoms with Crippen molar-refractivity contribution in [2.45, 2.75) is 25.8 Å². The lowest BCUT2D eigenvalue weighted by Gasteiger charge is -2.11. The number of nitrogens with zero attached hydrogens (tertiary/aromatic N) is 1. The van der Waals surface area contributed by atoms with Crippen molar-refractivity contribution in [2.75, 3.05) is 20.8 Å². The molecule has 0 aliphatic carbocycles. The summed E-state index contributed by atoms with van der Waals surface area (Å²) in [6, 6.07) is 10.8. The fraction of sp³-hybridized carbons (Fsp3) is 0.350. The smallest absolute Gasteiger partial charge is 0.263 e. The Hall–Kier alpha value is -2.73. The fourth-order valence-corrected chi connectivity index (χ4v) is 2.66. The summed E-state index contributed by atoms with van der Waals surface area (Å²) in [4.78, 5) is 37.2. The van der Waals surface area contributed by atoms with Crippen LogP contribution < -0.4 is 10.9 Å². The van der Waals surface area contributed by atoms with Gasteiger partial charge >= 0.3 is 0 Å². The zero-order valence-electron chi connectivity index (χ0n) is 15.2. The maximum absolute atomic E-state index is 12.6. The molecule has 6 heteroatoms. The minimum Gasteiger partial charge on any atom is -0.385 e. The Kier molecular flexibility index (Phi) is 7.29. The summed E-state index contributed by atoms with van der Waals surface area (Å²) >= 11 is 0. The summed E-state index contributed by atoms with van der Waals surface area (Å²) in [7, 11) is 3.08. The Balaban J connectivity index is 2.33. The van der Waals surface area contributed by atoms with Crippen LogP contribution in [0.25, 0.3) is 0 Å². The molecular formula is C20H24N2O4. The number of Topliss-reactive ketones (excluding diaryl/α,β-unsaturated/α-hetero) is 1. The Morgan fingerprint density at radius 1 is 1.15 bits per heavy atom. The number of ketones is 1. The van der Waals surface area contributed by atoms with E-state index in [1.54, 1.807) is 13.3 Å². The van der Waals surface area contributed by atoms with E-state index in [4.69, 9.17) is 4.74 Å². The third kappa shape index (κ3) is 5.13. The number of nitrogens with one attached hydrogen (secondary N) is 1. The first-order chi connectivity index (χ1) is 12.6. The van der Waals surface area contributed by atoms with Crippen LogP contribution >= 0.6 is 0 Å². The van der Waals surface area contributed by atoms with Gasteiger partial charge in [0.05, 0.1) is 6.54 Å². The Morgan fingerprint density at radius 3 is 2.54 bits per heavy atom. The van der Waals surface area contributed by atoms with Crippen molar-refractivity contribution in [2.24, 2.45) is 0 Å². The molecule has 138 valence electrons. The number of hydrogen-bond donors (Lipinski definition) is 1. The molecule has 0 radical (unpaired) electrons. The first-order valence-electron chi connectivity index (χ1n) is 8.59. The summed E-state index contributed by atoms with van der Waals surface area (Å²) in [5, 5.41) is 2.46. The molecule has 2 rings (SSSR count). The van der Waals surface area contributed by atoms with E-state index in [0.29, 0.717) is 31.6 Å². The summed E-state index contributed by atoms with van der Waals surface area (Å²) in [6.45, 7) is 0.902. The number of carbonyl (C=O) groups excluding carboxylic acids is 2. The van der Waals surface area contributed by atoms with Crippen LogP contribution in [-0.2, 0) is 11.3 Å². The lowest BCUT2D eigenvalue weighted by Crippen LogP contribution is -2.32. The third-order valence-corrected chi connectivity index (χ3v) is 4.08. The van der Waals surface area contributed by atoms with Crippen LogP contribution in [0.3, 0.4) is 0 Å². The zero-order valence-corrected chi connectivity index (χ0v) is 15.2. The number of carbonyl (C=O) groups is 2. The predicted molar refractivity (Wildman–Crippen MR) is 99.7 cm³/mol. The van der Waals surface area contributed by atoms with Crippen LogP contribution in [0.4, 0.5) is 0 Å². The van der Waals surface area contributed by atoms with E-state index in [0.717, 1.165) is 12.0 Å². The van der Waals surface area contributed by atoms with Gasteiger partial charge in [0.1, 0.15) is 5.56 Å². The number of hydrogen-bond acceptors (Lipinski definition) is 4. The molecule has 6 nitrogen and oxygen atoms in total. The largest absolute Gasteiger partial charge is 0.385 e. The fourth-order valence-electron chi connectivity index (χ4n) is 2.66. The third-order valence-electron chi connectivity index (χ3n) is 4.08. The summed E-state index contributed by atoms with van der Waals surface area (Å²) in [6.07, 6.45) is 3.37. The molecule has 0 saturated carbocycles. The average molecular weight is 356 g/mol. The number of unbranched alkanes of at least 4 members (excludes halogenated alkanes) is 1. The lowest BCUT2D eigenvalue weighted by molar-refractivity contribution is 0.0961. The molecule has 0 saturated heterocycles. The van der Waals surface area contributed by atoms with Gasteiger partial charge in [0.25, 0.3) is 11.5 Å². The highest BCUT2D eigenvalue weighted by Gasteiger charge is 2.16. The van der Waals surface area contributed by atoms with E-state index in [-0.39, 0.29) is 11.3 Å². The highest BCUT2D eigenvalue weighted by Crippen LogP contribution is 2.10. The average Bonchev–Trinajstić information content (AvgIpc) is 2.66. The highest BCUT2D eigenvalue weighted by atomic mass is 16.5. The SMILES string of the molecule is CNC(=O)c1cc(C(=O)CCCCOC)cn(Cc2ccccc2)c1=O. The van der Waals surface area contributed by atoms with Crippen LogP contribution in [0.2, 0.25) is 0 Å². The summed E-state index contributed by atoms with van der Waals surface area (Å²) in [5.74, 6) is -0.584. The van der Waals surface area contributed by atoms with E-state index < -0.39 is 11.5 Å². The van der Waals surface area contributed by atoms with Gasteiger partial charge in [0.2, 0.25) is 0 Å². The van der Waals surface area contributed by atoms with Gasteiger partial charge in [-0.05, 0) is 24.5 Å². The molecule has 1 heterocycles. The Labute approximate surface area is 152 Å². The number of rotatable bonds is 9. The first kappa shape index (κ1) is 19.6. The van der Waals surface area contributed by atoms with Crippen molar-refractivity contribution in [3.05, 3.63) is 69.6 Å². The van der Waals surface area contributed by atoms with Gasteiger partial charge in [0, 0.05) is 38.9 Å². The van der Waals surface area contributed by atoms with Crippen molar-refractivity contribution in [3.8, 4) is 0 Å². The molecule has 0 atom stereocenters. The van der Waals surface area contributed by atoms with Gasteiger partial charge < -0.3 is 14.6 Å². The van der Waals surface area contributed by atoms with E-state index >= 15 is 0 Å². The van der Waals surface area contributed by atoms with Crippen molar-refractivity contribution >= 4 is 11.7 Å². The second-order valence-corrected chi connectivity index (χ2v) is 6.01. The maximum Gasteiger partial charge on any atom is 0.263 e. The van der Waals surface area contributed by atoms with Gasteiger partial charge in [0.15, 0.2) is 5.78 Å². The van der Waals surface area contributed by atoms with E-state index in [1.165, 1.54) is 17.7 Å². The molecule has 2 aromatic rings. The molecule has 1 aromatic carbocycles. The number of pyridine rings is 1. The topological polar surface area (TPSA) is 77.4 Å². The van der Waals surface area contributed by atoms with Crippen LogP contribution in [0, 0.1) is 0 Å². The van der Waals surface area contributed by atoms with Gasteiger partial charge in [-0.15, -0.1) is 0 Å². The minimum absolute atomic E-state index is 0.0221. The van der Waals surface area contributed by atoms with Crippen molar-refractivity contribution in [1.82, 2.24) is 9.88 Å². The van der Waals surface area contributed by atoms with E-state index in [9.17, 15) is 14.4 Å². The standard InChI is InChI=1S/C20H24N2O4/c1-21-19(24)17-12-16(18(23)10-6-7-11-26-2)14-22(20(17)25)13-15-8-4-3-5-9-15/h3-5,8-9,12,14H,6-7,10-11,13H2,1-2H3,(H,21,24). The molecule has 1 aromatic heterocycles. The van der Waals surface area contributed by atoms with Crippen molar-refractivity contribution < 1.29 is 14.3 Å². The van der Waals surface area contributed by atoms with Crippen LogP contribution in [-0.4, -0.2) is 37.0 Å². The van der Waals surface area contributed by atoms with Crippen LogP contribution in [0.15, 0.2) is 47.4 Å². The number of aromatic nitrogens is 1. The molecule has 26 heavy (non-hydrogen) atoms. The second kappa shape index (κ2) is 9.68. The predicted octanol–water partition coefficient (Wildman–Crippen LogP) is 2.26. The number of methoxy groups -OCH3 is 1. The Bertz CT molecular complexity index is 812. The van der Waals surface area contributed by atoms with Crippen LogP contribution in [0.5, 0.6) is 0 Å². The second-order valence-electron chi connectivity index (χ2n) is 6.01. The first-order valence-corrected chi connectivity index (χ1v) is 8.59. The number of benzene rings is 1. The lowest BCUT2D eigenvalue weighted by atomic mass is 10.0. The number of ether oxygens (including phenoxy) is 1. The summed E-state index contributed by atoms with van der Waals surface area (Å²) in [5.41, 5.74) is 0.856. The zero-order chi connectivity index (χ0) is 18.9. The quantitative estimate of drug-likeness (QED) is 0.552. The van der Waals surface area contributed by atoms with Gasteiger partial charge in [-0.1, -0.05) is 30.3 Å². The normalized spacial score (nSPS) is 10.5. The van der Waals surface area contributed by atoms with Crippen molar-refractivity contribution in [1.29, 1.82) is 0 Å². The Morgan fingerprint density at radius 2 is 1.88 bits per heavy atom. The number of amides is 1. The monoisotopic (exact) mass is 356 g/mol. The molecule has 0 fully saturated rings. The highest BCUT2D eigenvalue weighted by molar-refractivity contribution is 6.00. The molecule has 0 aliphatic heterocycles. The molecule has 1 N–H and O–H groups in total. The van der Waals surface area contributed by atoms with Crippen molar-refractivity contribution in [3.63, 3.8) is 0 Å². The molecule has 0 unspecified atom stereocenters. The summed E-state index contributed by atoms with van der Waals surface area (Å²) < 4.78 is 6.40. The molecule has 0 spiro atoms. The minimum atomic E-state index is -0.495. The van der Waals surface area contributed by atoms with E-state index in [1.807, 2.05) is 30.3 Å². The molecule has 0 aliphatic rings. The molecule has 1 amide bonds. The van der Waals surface area contributed by atoms with Crippen LogP contribution in [0.1, 0.15) is 45.5 Å². The molecule has 0 bridgehead atoms. The van der Waals surface area contributed by atoms with Gasteiger partial charge in [-0.3, -0.25) is 14.4 Å². The van der Waals surface area contributed by atoms with Gasteiger partial charge in [-0.25, -0.2) is 0 Å². The molecular weight excluding hydrogens is 332 g/mol.